The molecule has 0 N–H and O–H groups in total. The van der Waals surface area contributed by atoms with Gasteiger partial charge in [-0.15, -0.1) is 0 Å². The van der Waals surface area contributed by atoms with E-state index in [4.69, 9.17) is 4.42 Å². The summed E-state index contributed by atoms with van der Waals surface area (Å²) in [5.41, 5.74) is 1.38. The van der Waals surface area contributed by atoms with Crippen LogP contribution in [0.25, 0.3) is 17.4 Å². The van der Waals surface area contributed by atoms with Crippen molar-refractivity contribution in [3.05, 3.63) is 52.6 Å². The number of benzene rings is 1. The summed E-state index contributed by atoms with van der Waals surface area (Å²) in [4.78, 5) is 36.2. The molecule has 0 spiro atoms. The van der Waals surface area contributed by atoms with Gasteiger partial charge in [0, 0.05) is 24.3 Å². The molecule has 0 saturated carbocycles. The predicted octanol–water partition coefficient (Wildman–Crippen LogP) is 3.82. The fraction of sp³-hybridized carbons (Fsp3) is 0.118. The first-order chi connectivity index (χ1) is 11.0. The predicted molar refractivity (Wildman–Crippen MR) is 87.9 cm³/mol. The average molecular weight is 327 g/mol. The largest absolute Gasteiger partial charge is 0.457 e. The number of rotatable bonds is 3. The lowest BCUT2D eigenvalue weighted by Gasteiger charge is -2.01. The third-order valence-electron chi connectivity index (χ3n) is 3.44. The van der Waals surface area contributed by atoms with Crippen molar-refractivity contribution in [1.29, 1.82) is 0 Å². The zero-order valence-electron chi connectivity index (χ0n) is 12.5. The summed E-state index contributed by atoms with van der Waals surface area (Å²) in [6.07, 6.45) is 1.55. The third-order valence-corrected chi connectivity index (χ3v) is 4.40. The maximum absolute atomic E-state index is 11.9. The van der Waals surface area contributed by atoms with E-state index in [0.29, 0.717) is 22.0 Å². The van der Waals surface area contributed by atoms with Crippen LogP contribution in [0.4, 0.5) is 4.79 Å². The molecule has 1 fully saturated rings. The van der Waals surface area contributed by atoms with E-state index in [0.717, 1.165) is 22.2 Å². The highest BCUT2D eigenvalue weighted by molar-refractivity contribution is 8.18. The quantitative estimate of drug-likeness (QED) is 0.633. The van der Waals surface area contributed by atoms with Crippen LogP contribution in [0.1, 0.15) is 23.0 Å². The van der Waals surface area contributed by atoms with Crippen LogP contribution >= 0.6 is 11.8 Å². The summed E-state index contributed by atoms with van der Waals surface area (Å²) < 4.78 is 5.70. The van der Waals surface area contributed by atoms with E-state index in [9.17, 15) is 14.4 Å². The van der Waals surface area contributed by atoms with Crippen molar-refractivity contribution in [2.45, 2.75) is 6.92 Å². The molecular weight excluding hydrogens is 314 g/mol. The number of likely N-dealkylation sites (N-methyl/N-ethyl adjacent to an activating group) is 1. The molecule has 0 aliphatic carbocycles. The number of hydrogen-bond donors (Lipinski definition) is 0. The van der Waals surface area contributed by atoms with E-state index in [1.807, 2.05) is 6.07 Å². The summed E-state index contributed by atoms with van der Waals surface area (Å²) in [7, 11) is 1.44. The van der Waals surface area contributed by atoms with Crippen LogP contribution in [-0.2, 0) is 4.79 Å². The highest BCUT2D eigenvalue weighted by Crippen LogP contribution is 2.32. The number of amides is 2. The lowest BCUT2D eigenvalue weighted by Crippen LogP contribution is -2.22. The molecule has 0 atom stereocenters. The molecule has 2 aromatic rings. The fourth-order valence-corrected chi connectivity index (χ4v) is 2.96. The molecule has 1 saturated heterocycles. The van der Waals surface area contributed by atoms with Crippen molar-refractivity contribution >= 4 is 34.8 Å². The lowest BCUT2D eigenvalue weighted by molar-refractivity contribution is -0.121. The molecule has 1 aromatic carbocycles. The number of ketones is 1. The molecule has 116 valence electrons. The van der Waals surface area contributed by atoms with Gasteiger partial charge in [-0.05, 0) is 36.9 Å². The Labute approximate surface area is 137 Å². The molecule has 0 radical (unpaired) electrons. The van der Waals surface area contributed by atoms with Gasteiger partial charge in [0.15, 0.2) is 5.78 Å². The third kappa shape index (κ3) is 2.98. The maximum atomic E-state index is 11.9. The number of carbonyl (C=O) groups is 3. The van der Waals surface area contributed by atoms with Crippen LogP contribution in [0.2, 0.25) is 0 Å². The highest BCUT2D eigenvalue weighted by atomic mass is 32.2. The molecule has 1 aliphatic rings. The lowest BCUT2D eigenvalue weighted by atomic mass is 10.1. The summed E-state index contributed by atoms with van der Waals surface area (Å²) in [5.74, 6) is 0.717. The highest BCUT2D eigenvalue weighted by Gasteiger charge is 2.32. The average Bonchev–Trinajstić information content (AvgIpc) is 3.09. The molecule has 1 aliphatic heterocycles. The maximum Gasteiger partial charge on any atom is 0.293 e. The molecule has 3 rings (SSSR count). The van der Waals surface area contributed by atoms with Gasteiger partial charge in [0.2, 0.25) is 0 Å². The van der Waals surface area contributed by atoms with Crippen LogP contribution < -0.4 is 0 Å². The first-order valence-corrected chi connectivity index (χ1v) is 7.70. The number of furan rings is 1. The van der Waals surface area contributed by atoms with E-state index in [2.05, 4.69) is 0 Å². The zero-order valence-corrected chi connectivity index (χ0v) is 13.3. The first-order valence-electron chi connectivity index (χ1n) is 6.88. The van der Waals surface area contributed by atoms with E-state index in [1.165, 1.54) is 14.0 Å². The molecule has 0 unspecified atom stereocenters. The Morgan fingerprint density at radius 3 is 2.65 bits per heavy atom. The number of imide groups is 1. The Bertz CT molecular complexity index is 850. The Morgan fingerprint density at radius 1 is 1.22 bits per heavy atom. The molecular formula is C17H13NO4S. The van der Waals surface area contributed by atoms with Gasteiger partial charge in [0.25, 0.3) is 11.1 Å². The molecule has 2 heterocycles. The van der Waals surface area contributed by atoms with Gasteiger partial charge in [0.05, 0.1) is 4.91 Å². The number of nitrogens with zero attached hydrogens (tertiary/aromatic N) is 1. The molecule has 2 amide bonds. The van der Waals surface area contributed by atoms with Gasteiger partial charge in [-0.25, -0.2) is 0 Å². The van der Waals surface area contributed by atoms with Gasteiger partial charge in [-0.2, -0.15) is 0 Å². The monoisotopic (exact) mass is 327 g/mol. The summed E-state index contributed by atoms with van der Waals surface area (Å²) in [6, 6.07) is 10.6. The second-order valence-corrected chi connectivity index (χ2v) is 6.07. The van der Waals surface area contributed by atoms with Gasteiger partial charge in [-0.3, -0.25) is 19.3 Å². The van der Waals surface area contributed by atoms with Gasteiger partial charge in [0.1, 0.15) is 11.5 Å². The molecule has 23 heavy (non-hydrogen) atoms. The number of carbonyl (C=O) groups excluding carboxylic acids is 3. The minimum Gasteiger partial charge on any atom is -0.457 e. The minimum atomic E-state index is -0.337. The summed E-state index contributed by atoms with van der Waals surface area (Å²) in [6.45, 7) is 1.51. The molecule has 0 bridgehead atoms. The van der Waals surface area contributed by atoms with Crippen molar-refractivity contribution in [3.63, 3.8) is 0 Å². The van der Waals surface area contributed by atoms with Crippen molar-refractivity contribution in [2.24, 2.45) is 0 Å². The van der Waals surface area contributed by atoms with Crippen molar-refractivity contribution in [2.75, 3.05) is 7.05 Å². The second kappa shape index (κ2) is 5.89. The Morgan fingerprint density at radius 2 is 2.00 bits per heavy atom. The van der Waals surface area contributed by atoms with E-state index >= 15 is 0 Å². The standard InChI is InChI=1S/C17H13NO4S/c1-10(19)11-4-3-5-12(8-11)14-7-6-13(22-14)9-15-16(20)18(2)17(21)23-15/h3-9H,1-2H3/b15-9-. The minimum absolute atomic E-state index is 0.0183. The van der Waals surface area contributed by atoms with E-state index in [-0.39, 0.29) is 16.9 Å². The van der Waals surface area contributed by atoms with Crippen molar-refractivity contribution < 1.29 is 18.8 Å². The van der Waals surface area contributed by atoms with Gasteiger partial charge >= 0.3 is 0 Å². The molecule has 5 nitrogen and oxygen atoms in total. The van der Waals surface area contributed by atoms with E-state index < -0.39 is 0 Å². The van der Waals surface area contributed by atoms with Crippen LogP contribution in [0.3, 0.4) is 0 Å². The van der Waals surface area contributed by atoms with Gasteiger partial charge < -0.3 is 4.42 Å². The summed E-state index contributed by atoms with van der Waals surface area (Å²) >= 11 is 0.882. The Hall–Kier alpha value is -2.60. The smallest absolute Gasteiger partial charge is 0.293 e. The molecule has 6 heteroatoms. The number of thioether (sulfide) groups is 1. The molecule has 1 aromatic heterocycles. The van der Waals surface area contributed by atoms with Crippen LogP contribution in [0.5, 0.6) is 0 Å². The normalized spacial score (nSPS) is 16.4. The van der Waals surface area contributed by atoms with Crippen molar-refractivity contribution in [1.82, 2.24) is 4.90 Å². The van der Waals surface area contributed by atoms with E-state index in [1.54, 1.807) is 36.4 Å². The topological polar surface area (TPSA) is 67.6 Å². The van der Waals surface area contributed by atoms with Crippen LogP contribution in [0.15, 0.2) is 45.7 Å². The number of hydrogen-bond acceptors (Lipinski definition) is 5. The van der Waals surface area contributed by atoms with Crippen molar-refractivity contribution in [3.8, 4) is 11.3 Å². The fourth-order valence-electron chi connectivity index (χ4n) is 2.15. The second-order valence-electron chi connectivity index (χ2n) is 5.08. The zero-order chi connectivity index (χ0) is 16.6. The Balaban J connectivity index is 1.90. The van der Waals surface area contributed by atoms with Crippen LogP contribution in [-0.4, -0.2) is 28.9 Å². The SMILES string of the molecule is CC(=O)c1cccc(-c2ccc(/C=C3\SC(=O)N(C)C3=O)o2)c1. The summed E-state index contributed by atoms with van der Waals surface area (Å²) in [5, 5.41) is -0.304. The van der Waals surface area contributed by atoms with Crippen LogP contribution in [0, 0.1) is 0 Å². The number of Topliss-reactive ketones (excluding diaryl/α,β-unsaturated/α-hetero) is 1. The Kier molecular flexibility index (Phi) is 3.92. The first kappa shape index (κ1) is 15.3. The van der Waals surface area contributed by atoms with Gasteiger partial charge in [-0.1, -0.05) is 18.2 Å².